The molecule has 30 heavy (non-hydrogen) atoms. The van der Waals surface area contributed by atoms with E-state index in [1.54, 1.807) is 0 Å². The van der Waals surface area contributed by atoms with E-state index in [0.717, 1.165) is 0 Å². The number of azide groups is 1. The molecule has 5 nitrogen and oxygen atoms in total. The van der Waals surface area contributed by atoms with Gasteiger partial charge in [0.1, 0.15) is 11.6 Å². The molecule has 1 aromatic rings. The van der Waals surface area contributed by atoms with Gasteiger partial charge in [0.25, 0.3) is 0 Å². The summed E-state index contributed by atoms with van der Waals surface area (Å²) in [5.41, 5.74) is 4.79. The standard InChI is InChI=1S/C17H13ClF7N3O2/c1-16(2)8(3-9(18)17(23,24)25)10(16)15(29)30-5-7-13(21)11(19)6(4-27-28-26)12(20)14(7)22/h3,8,10H,4-5H2,1-2H3/b9-3-/t8-,10-/m1/s1. The van der Waals surface area contributed by atoms with Crippen LogP contribution in [0.2, 0.25) is 0 Å². The van der Waals surface area contributed by atoms with Gasteiger partial charge in [0.05, 0.1) is 18.0 Å². The summed E-state index contributed by atoms with van der Waals surface area (Å²) in [6, 6.07) is 0. The van der Waals surface area contributed by atoms with E-state index in [4.69, 9.17) is 17.1 Å². The lowest BCUT2D eigenvalue weighted by Crippen LogP contribution is -2.14. The van der Waals surface area contributed by atoms with E-state index in [1.807, 2.05) is 0 Å². The van der Waals surface area contributed by atoms with E-state index in [0.29, 0.717) is 6.08 Å². The Morgan fingerprint density at radius 3 is 2.13 bits per heavy atom. The minimum Gasteiger partial charge on any atom is -0.460 e. The molecule has 1 aliphatic rings. The molecule has 2 atom stereocenters. The van der Waals surface area contributed by atoms with Crippen LogP contribution in [0, 0.1) is 40.5 Å². The van der Waals surface area contributed by atoms with Crippen LogP contribution in [-0.2, 0) is 22.7 Å². The molecular weight excluding hydrogens is 447 g/mol. The minimum atomic E-state index is -4.81. The zero-order valence-electron chi connectivity index (χ0n) is 15.3. The molecule has 0 heterocycles. The molecule has 0 aliphatic heterocycles. The number of ether oxygens (including phenoxy) is 1. The molecule has 0 saturated heterocycles. The molecular formula is C17H13ClF7N3O2. The number of benzene rings is 1. The smallest absolute Gasteiger partial charge is 0.426 e. The Morgan fingerprint density at radius 1 is 1.17 bits per heavy atom. The van der Waals surface area contributed by atoms with Crippen molar-refractivity contribution in [3.63, 3.8) is 0 Å². The van der Waals surface area contributed by atoms with Crippen LogP contribution in [0.15, 0.2) is 16.2 Å². The van der Waals surface area contributed by atoms with Gasteiger partial charge in [-0.2, -0.15) is 13.2 Å². The van der Waals surface area contributed by atoms with E-state index in [2.05, 4.69) is 14.8 Å². The normalized spacial score (nSPS) is 20.5. The number of esters is 1. The predicted octanol–water partition coefficient (Wildman–Crippen LogP) is 6.05. The molecule has 2 rings (SSSR count). The number of hydrogen-bond donors (Lipinski definition) is 0. The molecule has 0 radical (unpaired) electrons. The molecule has 0 bridgehead atoms. The lowest BCUT2D eigenvalue weighted by Gasteiger charge is -2.11. The highest BCUT2D eigenvalue weighted by Gasteiger charge is 2.62. The highest BCUT2D eigenvalue weighted by atomic mass is 35.5. The fourth-order valence-corrected chi connectivity index (χ4v) is 3.15. The number of rotatable bonds is 6. The summed E-state index contributed by atoms with van der Waals surface area (Å²) in [5.74, 6) is -10.5. The summed E-state index contributed by atoms with van der Waals surface area (Å²) in [5, 5.41) is 1.39. The fourth-order valence-electron chi connectivity index (χ4n) is 3.01. The Kier molecular flexibility index (Phi) is 6.63. The Bertz CT molecular complexity index is 927. The number of halogens is 8. The van der Waals surface area contributed by atoms with Crippen molar-refractivity contribution in [1.82, 2.24) is 0 Å². The van der Waals surface area contributed by atoms with Crippen LogP contribution in [0.4, 0.5) is 30.7 Å². The summed E-state index contributed by atoms with van der Waals surface area (Å²) in [6.07, 6.45) is -4.17. The second-order valence-corrected chi connectivity index (χ2v) is 7.45. The van der Waals surface area contributed by atoms with Crippen LogP contribution >= 0.6 is 11.6 Å². The largest absolute Gasteiger partial charge is 0.460 e. The molecule has 0 unspecified atom stereocenters. The third-order valence-electron chi connectivity index (χ3n) is 4.86. The third kappa shape index (κ3) is 4.49. The van der Waals surface area contributed by atoms with Gasteiger partial charge in [-0.05, 0) is 16.9 Å². The van der Waals surface area contributed by atoms with Crippen molar-refractivity contribution in [2.24, 2.45) is 22.4 Å². The Hall–Kier alpha value is -2.46. The van der Waals surface area contributed by atoms with E-state index in [9.17, 15) is 35.5 Å². The Labute approximate surface area is 170 Å². The Morgan fingerprint density at radius 2 is 1.67 bits per heavy atom. The highest BCUT2D eigenvalue weighted by molar-refractivity contribution is 6.30. The number of nitrogens with zero attached hydrogens (tertiary/aromatic N) is 3. The van der Waals surface area contributed by atoms with Crippen molar-refractivity contribution in [3.05, 3.63) is 55.9 Å². The number of alkyl halides is 3. The van der Waals surface area contributed by atoms with Gasteiger partial charge in [-0.3, -0.25) is 4.79 Å². The molecule has 1 aliphatic carbocycles. The van der Waals surface area contributed by atoms with Gasteiger partial charge < -0.3 is 4.74 Å². The summed E-state index contributed by atoms with van der Waals surface area (Å²) < 4.78 is 98.4. The van der Waals surface area contributed by atoms with Crippen LogP contribution < -0.4 is 0 Å². The number of carbonyl (C=O) groups is 1. The first-order valence-electron chi connectivity index (χ1n) is 8.20. The van der Waals surface area contributed by atoms with Crippen molar-refractivity contribution >= 4 is 17.6 Å². The van der Waals surface area contributed by atoms with Gasteiger partial charge in [-0.1, -0.05) is 36.6 Å². The van der Waals surface area contributed by atoms with Crippen molar-refractivity contribution < 1.29 is 40.3 Å². The lowest BCUT2D eigenvalue weighted by atomic mass is 10.1. The zero-order valence-corrected chi connectivity index (χ0v) is 16.1. The first-order chi connectivity index (χ1) is 13.7. The zero-order chi connectivity index (χ0) is 23.0. The van der Waals surface area contributed by atoms with E-state index >= 15 is 0 Å². The summed E-state index contributed by atoms with van der Waals surface area (Å²) >= 11 is 5.16. The maximum atomic E-state index is 14.1. The molecule has 0 aromatic heterocycles. The van der Waals surface area contributed by atoms with Crippen molar-refractivity contribution in [2.45, 2.75) is 33.2 Å². The summed E-state index contributed by atoms with van der Waals surface area (Å²) in [6.45, 7) is 0.700. The average Bonchev–Trinajstić information content (AvgIpc) is 3.19. The van der Waals surface area contributed by atoms with Gasteiger partial charge >= 0.3 is 12.1 Å². The quantitative estimate of drug-likeness (QED) is 0.130. The fraction of sp³-hybridized carbons (Fsp3) is 0.471. The second-order valence-electron chi connectivity index (χ2n) is 7.05. The molecule has 164 valence electrons. The van der Waals surface area contributed by atoms with Gasteiger partial charge in [-0.15, -0.1) is 0 Å². The first-order valence-corrected chi connectivity index (χ1v) is 8.58. The third-order valence-corrected chi connectivity index (χ3v) is 5.20. The van der Waals surface area contributed by atoms with E-state index in [-0.39, 0.29) is 0 Å². The summed E-state index contributed by atoms with van der Waals surface area (Å²) in [4.78, 5) is 14.4. The van der Waals surface area contributed by atoms with Crippen LogP contribution in [0.25, 0.3) is 10.4 Å². The van der Waals surface area contributed by atoms with Gasteiger partial charge in [-0.25, -0.2) is 17.6 Å². The van der Waals surface area contributed by atoms with Crippen LogP contribution in [0.5, 0.6) is 0 Å². The first kappa shape index (κ1) is 23.8. The van der Waals surface area contributed by atoms with Gasteiger partial charge in [0, 0.05) is 10.5 Å². The monoisotopic (exact) mass is 459 g/mol. The number of hydrogen-bond acceptors (Lipinski definition) is 3. The van der Waals surface area contributed by atoms with Crippen molar-refractivity contribution in [3.8, 4) is 0 Å². The second kappa shape index (κ2) is 8.35. The summed E-state index contributed by atoms with van der Waals surface area (Å²) in [7, 11) is 0. The van der Waals surface area contributed by atoms with E-state index in [1.165, 1.54) is 13.8 Å². The van der Waals surface area contributed by atoms with Crippen LogP contribution in [0.1, 0.15) is 25.0 Å². The maximum absolute atomic E-state index is 14.1. The van der Waals surface area contributed by atoms with Crippen molar-refractivity contribution in [1.29, 1.82) is 0 Å². The average molecular weight is 460 g/mol. The topological polar surface area (TPSA) is 75.1 Å². The predicted molar refractivity (Wildman–Crippen MR) is 89.7 cm³/mol. The molecule has 1 fully saturated rings. The molecule has 1 saturated carbocycles. The molecule has 13 heteroatoms. The van der Waals surface area contributed by atoms with E-state index < -0.39 is 82.0 Å². The lowest BCUT2D eigenvalue weighted by molar-refractivity contribution is -0.147. The molecule has 0 N–H and O–H groups in total. The molecule has 0 amide bonds. The maximum Gasteiger partial charge on any atom is 0.426 e. The Balaban J connectivity index is 2.20. The number of carbonyl (C=O) groups excluding carboxylic acids is 1. The molecule has 0 spiro atoms. The minimum absolute atomic E-state index is 0.637. The van der Waals surface area contributed by atoms with Gasteiger partial charge in [0.15, 0.2) is 23.3 Å². The highest BCUT2D eigenvalue weighted by Crippen LogP contribution is 2.60. The SMILES string of the molecule is CC1(C)[C@H](/C=C(\Cl)C(F)(F)F)[C@@H]1C(=O)OCc1c(F)c(F)c(CN=[N+]=[N-])c(F)c1F. The van der Waals surface area contributed by atoms with Crippen LogP contribution in [-0.4, -0.2) is 12.1 Å². The van der Waals surface area contributed by atoms with Crippen molar-refractivity contribution in [2.75, 3.05) is 0 Å². The van der Waals surface area contributed by atoms with Crippen LogP contribution in [0.3, 0.4) is 0 Å². The molecule has 1 aromatic carbocycles. The van der Waals surface area contributed by atoms with Gasteiger partial charge in [0.2, 0.25) is 0 Å². The number of allylic oxidation sites excluding steroid dienone is 2.